The molecule has 1 heterocycles. The van der Waals surface area contributed by atoms with Crippen LogP contribution in [-0.4, -0.2) is 16.1 Å². The number of nitrogens with one attached hydrogen (secondary N) is 1. The van der Waals surface area contributed by atoms with Gasteiger partial charge in [-0.25, -0.2) is 4.99 Å². The van der Waals surface area contributed by atoms with Gasteiger partial charge in [0.2, 0.25) is 5.89 Å². The van der Waals surface area contributed by atoms with Crippen molar-refractivity contribution in [3.8, 4) is 0 Å². The molecule has 0 bridgehead atoms. The van der Waals surface area contributed by atoms with Crippen LogP contribution in [0.15, 0.2) is 27.7 Å². The summed E-state index contributed by atoms with van der Waals surface area (Å²) in [5, 5.41) is 6.79. The second-order valence-corrected chi connectivity index (χ2v) is 4.43. The van der Waals surface area contributed by atoms with Crippen LogP contribution in [0.25, 0.3) is 0 Å². The first-order valence-corrected chi connectivity index (χ1v) is 5.97. The van der Waals surface area contributed by atoms with Crippen molar-refractivity contribution in [3.63, 3.8) is 0 Å². The summed E-state index contributed by atoms with van der Waals surface area (Å²) >= 11 is 0. The Morgan fingerprint density at radius 1 is 1.26 bits per heavy atom. The fraction of sp³-hybridized carbons (Fsp3) is 0.308. The summed E-state index contributed by atoms with van der Waals surface area (Å²) in [7, 11) is 0. The van der Waals surface area contributed by atoms with Gasteiger partial charge in [-0.15, -0.1) is 0 Å². The number of anilines is 1. The number of aryl methyl sites for hydroxylation is 3. The molecule has 6 heteroatoms. The summed E-state index contributed by atoms with van der Waals surface area (Å²) in [6.07, 6.45) is 0. The van der Waals surface area contributed by atoms with E-state index in [0.717, 1.165) is 5.69 Å². The highest BCUT2D eigenvalue weighted by Crippen LogP contribution is 2.13. The highest BCUT2D eigenvalue weighted by atomic mass is 16.5. The minimum Gasteiger partial charge on any atom is -0.370 e. The molecule has 0 saturated heterocycles. The number of benzene rings is 1. The summed E-state index contributed by atoms with van der Waals surface area (Å²) in [6, 6.07) is 6.11. The molecule has 19 heavy (non-hydrogen) atoms. The van der Waals surface area contributed by atoms with E-state index in [4.69, 9.17) is 10.3 Å². The van der Waals surface area contributed by atoms with Crippen LogP contribution in [0.1, 0.15) is 22.8 Å². The molecular weight excluding hydrogens is 242 g/mol. The number of aromatic nitrogens is 2. The van der Waals surface area contributed by atoms with Crippen LogP contribution in [0.2, 0.25) is 0 Å². The van der Waals surface area contributed by atoms with E-state index < -0.39 is 0 Å². The standard InChI is InChI=1S/C13H17N5O/c1-8-4-9(2)6-11(5-8)17-13(14)15-7-12-16-10(3)19-18-12/h4-6H,7H2,1-3H3,(H3,14,15,17). The van der Waals surface area contributed by atoms with Crippen LogP contribution < -0.4 is 11.1 Å². The maximum atomic E-state index is 5.81. The maximum Gasteiger partial charge on any atom is 0.223 e. The van der Waals surface area contributed by atoms with Gasteiger partial charge in [0, 0.05) is 12.6 Å². The van der Waals surface area contributed by atoms with Gasteiger partial charge in [-0.2, -0.15) is 4.98 Å². The van der Waals surface area contributed by atoms with Gasteiger partial charge in [0.1, 0.15) is 6.54 Å². The van der Waals surface area contributed by atoms with Crippen molar-refractivity contribution in [2.24, 2.45) is 10.7 Å². The average Bonchev–Trinajstić information content (AvgIpc) is 2.71. The van der Waals surface area contributed by atoms with Crippen LogP contribution in [0.3, 0.4) is 0 Å². The van der Waals surface area contributed by atoms with Crippen molar-refractivity contribution in [1.29, 1.82) is 0 Å². The van der Waals surface area contributed by atoms with E-state index in [0.29, 0.717) is 24.2 Å². The van der Waals surface area contributed by atoms with E-state index in [-0.39, 0.29) is 0 Å². The lowest BCUT2D eigenvalue weighted by Gasteiger charge is -2.07. The van der Waals surface area contributed by atoms with Crippen LogP contribution >= 0.6 is 0 Å². The Kier molecular flexibility index (Phi) is 3.79. The van der Waals surface area contributed by atoms with Gasteiger partial charge in [-0.05, 0) is 37.1 Å². The largest absolute Gasteiger partial charge is 0.370 e. The van der Waals surface area contributed by atoms with Gasteiger partial charge < -0.3 is 15.6 Å². The molecule has 0 spiro atoms. The monoisotopic (exact) mass is 259 g/mol. The maximum absolute atomic E-state index is 5.81. The Bertz CT molecular complexity index is 583. The highest BCUT2D eigenvalue weighted by Gasteiger charge is 2.02. The molecule has 0 amide bonds. The molecule has 2 rings (SSSR count). The van der Waals surface area contributed by atoms with E-state index in [9.17, 15) is 0 Å². The van der Waals surface area contributed by atoms with E-state index in [1.807, 2.05) is 26.0 Å². The highest BCUT2D eigenvalue weighted by molar-refractivity contribution is 5.92. The van der Waals surface area contributed by atoms with Gasteiger partial charge in [0.25, 0.3) is 0 Å². The quantitative estimate of drug-likeness (QED) is 0.649. The first-order valence-electron chi connectivity index (χ1n) is 5.97. The van der Waals surface area contributed by atoms with Gasteiger partial charge in [-0.3, -0.25) is 0 Å². The fourth-order valence-electron chi connectivity index (χ4n) is 1.80. The van der Waals surface area contributed by atoms with Crippen LogP contribution in [0.4, 0.5) is 5.69 Å². The van der Waals surface area contributed by atoms with Crippen molar-refractivity contribution >= 4 is 11.6 Å². The number of hydrogen-bond acceptors (Lipinski definition) is 4. The zero-order chi connectivity index (χ0) is 13.8. The third-order valence-corrected chi connectivity index (χ3v) is 2.45. The van der Waals surface area contributed by atoms with Crippen LogP contribution in [-0.2, 0) is 6.54 Å². The normalized spacial score (nSPS) is 11.6. The zero-order valence-corrected chi connectivity index (χ0v) is 11.3. The van der Waals surface area contributed by atoms with Crippen molar-refractivity contribution in [1.82, 2.24) is 10.1 Å². The molecular formula is C13H17N5O. The number of nitrogens with zero attached hydrogens (tertiary/aromatic N) is 3. The summed E-state index contributed by atoms with van der Waals surface area (Å²) in [5.74, 6) is 1.36. The Labute approximate surface area is 111 Å². The third-order valence-electron chi connectivity index (χ3n) is 2.45. The molecule has 1 aromatic carbocycles. The summed E-state index contributed by atoms with van der Waals surface area (Å²) in [4.78, 5) is 8.21. The van der Waals surface area contributed by atoms with Crippen LogP contribution in [0.5, 0.6) is 0 Å². The van der Waals surface area contributed by atoms with E-state index in [2.05, 4.69) is 26.5 Å². The molecule has 1 aromatic heterocycles. The molecule has 0 fully saturated rings. The SMILES string of the molecule is Cc1cc(C)cc(NC(N)=NCc2noc(C)n2)c1. The molecule has 0 saturated carbocycles. The number of aliphatic imine (C=N–C) groups is 1. The molecule has 0 unspecified atom stereocenters. The molecule has 0 radical (unpaired) electrons. The average molecular weight is 259 g/mol. The Hall–Kier alpha value is -2.37. The van der Waals surface area contributed by atoms with Gasteiger partial charge in [0.05, 0.1) is 0 Å². The third kappa shape index (κ3) is 3.80. The Balaban J connectivity index is 2.01. The van der Waals surface area contributed by atoms with Crippen molar-refractivity contribution in [3.05, 3.63) is 41.0 Å². The molecule has 100 valence electrons. The number of nitrogens with two attached hydrogens (primary N) is 1. The van der Waals surface area contributed by atoms with E-state index in [1.54, 1.807) is 6.92 Å². The Morgan fingerprint density at radius 3 is 2.53 bits per heavy atom. The first kappa shape index (κ1) is 13.1. The second kappa shape index (κ2) is 5.51. The number of hydrogen-bond donors (Lipinski definition) is 2. The van der Waals surface area contributed by atoms with Crippen molar-refractivity contribution in [2.45, 2.75) is 27.3 Å². The molecule has 0 aliphatic rings. The smallest absolute Gasteiger partial charge is 0.223 e. The Morgan fingerprint density at radius 2 is 1.95 bits per heavy atom. The zero-order valence-electron chi connectivity index (χ0n) is 11.3. The van der Waals surface area contributed by atoms with Gasteiger partial charge in [0.15, 0.2) is 11.8 Å². The molecule has 0 aliphatic carbocycles. The fourth-order valence-corrected chi connectivity index (χ4v) is 1.80. The lowest BCUT2D eigenvalue weighted by atomic mass is 10.1. The summed E-state index contributed by atoms with van der Waals surface area (Å²) in [5.41, 5.74) is 9.07. The molecule has 0 atom stereocenters. The molecule has 0 aliphatic heterocycles. The second-order valence-electron chi connectivity index (χ2n) is 4.43. The van der Waals surface area contributed by atoms with Crippen molar-refractivity contribution in [2.75, 3.05) is 5.32 Å². The minimum absolute atomic E-state index is 0.293. The van der Waals surface area contributed by atoms with Crippen LogP contribution in [0, 0.1) is 20.8 Å². The minimum atomic E-state index is 0.293. The van der Waals surface area contributed by atoms with Gasteiger partial charge >= 0.3 is 0 Å². The topological polar surface area (TPSA) is 89.3 Å². The lowest BCUT2D eigenvalue weighted by Crippen LogP contribution is -2.22. The first-order chi connectivity index (χ1) is 9.02. The predicted molar refractivity (Wildman–Crippen MR) is 73.9 cm³/mol. The molecule has 3 N–H and O–H groups in total. The van der Waals surface area contributed by atoms with Crippen molar-refractivity contribution < 1.29 is 4.52 Å². The molecule has 6 nitrogen and oxygen atoms in total. The molecule has 2 aromatic rings. The number of guanidine groups is 1. The predicted octanol–water partition coefficient (Wildman–Crippen LogP) is 1.92. The number of rotatable bonds is 3. The van der Waals surface area contributed by atoms with Gasteiger partial charge in [-0.1, -0.05) is 11.2 Å². The van der Waals surface area contributed by atoms with E-state index >= 15 is 0 Å². The summed E-state index contributed by atoms with van der Waals surface area (Å²) < 4.78 is 4.85. The lowest BCUT2D eigenvalue weighted by molar-refractivity contribution is 0.387. The van der Waals surface area contributed by atoms with E-state index in [1.165, 1.54) is 11.1 Å². The summed E-state index contributed by atoms with van der Waals surface area (Å²) in [6.45, 7) is 6.10.